The molecular weight excluding hydrogens is 338 g/mol. The van der Waals surface area contributed by atoms with E-state index < -0.39 is 0 Å². The summed E-state index contributed by atoms with van der Waals surface area (Å²) < 4.78 is 5.64. The third-order valence-corrected chi connectivity index (χ3v) is 4.70. The minimum absolute atomic E-state index is 0.801. The van der Waals surface area contributed by atoms with Crippen LogP contribution in [0.3, 0.4) is 0 Å². The molecule has 0 unspecified atom stereocenters. The zero-order valence-electron chi connectivity index (χ0n) is 14.1. The molecule has 6 rings (SSSR count). The molecule has 7 nitrogen and oxygen atoms in total. The van der Waals surface area contributed by atoms with E-state index >= 15 is 0 Å². The molecule has 0 amide bonds. The Kier molecular flexibility index (Phi) is 2.76. The Morgan fingerprint density at radius 1 is 0.741 bits per heavy atom. The number of hydrogen-bond acceptors (Lipinski definition) is 4. The molecule has 0 spiro atoms. The van der Waals surface area contributed by atoms with Gasteiger partial charge in [0.05, 0.1) is 16.9 Å². The van der Waals surface area contributed by atoms with Gasteiger partial charge in [0, 0.05) is 35.9 Å². The second kappa shape index (κ2) is 5.25. The molecule has 0 saturated carbocycles. The van der Waals surface area contributed by atoms with E-state index in [-0.39, 0.29) is 0 Å². The number of imidazole rings is 1. The number of nitrogens with zero attached hydrogens (tertiary/aromatic N) is 7. The molecule has 0 aliphatic heterocycles. The van der Waals surface area contributed by atoms with Gasteiger partial charge in [-0.15, -0.1) is 0 Å². The van der Waals surface area contributed by atoms with Gasteiger partial charge in [-0.1, -0.05) is 6.07 Å². The van der Waals surface area contributed by atoms with Gasteiger partial charge in [-0.25, -0.2) is 19.0 Å². The van der Waals surface area contributed by atoms with Crippen molar-refractivity contribution in [3.05, 3.63) is 79.6 Å². The molecule has 128 valence electrons. The first-order valence-electron chi connectivity index (χ1n) is 8.57. The normalized spacial score (nSPS) is 11.7. The Labute approximate surface area is 153 Å². The van der Waals surface area contributed by atoms with Crippen molar-refractivity contribution < 1.29 is 0 Å². The van der Waals surface area contributed by atoms with E-state index in [4.69, 9.17) is 4.98 Å². The lowest BCUT2D eigenvalue weighted by atomic mass is 10.1. The van der Waals surface area contributed by atoms with Crippen molar-refractivity contribution in [2.45, 2.75) is 0 Å². The largest absolute Gasteiger partial charge is 0.306 e. The maximum Gasteiger partial charge on any atom is 0.155 e. The van der Waals surface area contributed by atoms with Crippen LogP contribution in [0.25, 0.3) is 39.3 Å². The molecule has 0 fully saturated rings. The third-order valence-electron chi connectivity index (χ3n) is 4.70. The first-order valence-corrected chi connectivity index (χ1v) is 8.57. The lowest BCUT2D eigenvalue weighted by Gasteiger charge is -1.97. The molecule has 0 aliphatic rings. The van der Waals surface area contributed by atoms with E-state index in [9.17, 15) is 0 Å². The van der Waals surface area contributed by atoms with Gasteiger partial charge in [-0.2, -0.15) is 10.2 Å². The number of hydrogen-bond donors (Lipinski definition) is 0. The lowest BCUT2D eigenvalue weighted by Crippen LogP contribution is -1.89. The highest BCUT2D eigenvalue weighted by Gasteiger charge is 2.09. The zero-order valence-corrected chi connectivity index (χ0v) is 14.1. The third kappa shape index (κ3) is 2.22. The molecule has 0 saturated heterocycles. The summed E-state index contributed by atoms with van der Waals surface area (Å²) in [5, 5.41) is 8.82. The highest BCUT2D eigenvalue weighted by Crippen LogP contribution is 2.25. The fraction of sp³-hybridized carbons (Fsp3) is 0. The van der Waals surface area contributed by atoms with Gasteiger partial charge in [0.2, 0.25) is 0 Å². The fourth-order valence-electron chi connectivity index (χ4n) is 3.34. The zero-order chi connectivity index (χ0) is 17.8. The number of fused-ring (bicyclic) bond motifs is 3. The average Bonchev–Trinajstić information content (AvgIpc) is 3.42. The van der Waals surface area contributed by atoms with Crippen molar-refractivity contribution in [2.24, 2.45) is 0 Å². The fourth-order valence-corrected chi connectivity index (χ4v) is 3.34. The van der Waals surface area contributed by atoms with Crippen LogP contribution in [0.4, 0.5) is 0 Å². The Balaban J connectivity index is 1.46. The molecule has 0 aliphatic carbocycles. The van der Waals surface area contributed by atoms with Gasteiger partial charge in [-0.3, -0.25) is 0 Å². The quantitative estimate of drug-likeness (QED) is 0.480. The first-order chi connectivity index (χ1) is 13.3. The van der Waals surface area contributed by atoms with Gasteiger partial charge >= 0.3 is 0 Å². The van der Waals surface area contributed by atoms with Crippen LogP contribution in [0.5, 0.6) is 0 Å². The van der Waals surface area contributed by atoms with Crippen molar-refractivity contribution in [3.8, 4) is 22.5 Å². The molecule has 0 radical (unpaired) electrons. The van der Waals surface area contributed by atoms with Crippen LogP contribution in [-0.4, -0.2) is 33.6 Å². The van der Waals surface area contributed by atoms with E-state index in [2.05, 4.69) is 27.3 Å². The molecule has 7 heteroatoms. The summed E-state index contributed by atoms with van der Waals surface area (Å²) in [4.78, 5) is 8.94. The van der Waals surface area contributed by atoms with Crippen LogP contribution >= 0.6 is 0 Å². The Morgan fingerprint density at radius 2 is 1.63 bits per heavy atom. The highest BCUT2D eigenvalue weighted by atomic mass is 15.3. The van der Waals surface area contributed by atoms with Crippen LogP contribution in [0.15, 0.2) is 79.6 Å². The Bertz CT molecular complexity index is 1400. The SMILES string of the molecule is c1ccn2cc(-c3ccn4nc(-c5ccn6ncnc6c5)cc4c3)nc2c1. The van der Waals surface area contributed by atoms with Crippen LogP contribution in [0.1, 0.15) is 0 Å². The summed E-state index contributed by atoms with van der Waals surface area (Å²) in [5.41, 5.74) is 6.65. The maximum atomic E-state index is 4.70. The van der Waals surface area contributed by atoms with Crippen molar-refractivity contribution in [3.63, 3.8) is 0 Å². The van der Waals surface area contributed by atoms with E-state index in [0.717, 1.165) is 39.3 Å². The lowest BCUT2D eigenvalue weighted by molar-refractivity contribution is 0.954. The van der Waals surface area contributed by atoms with E-state index in [0.29, 0.717) is 0 Å². The van der Waals surface area contributed by atoms with E-state index in [1.807, 2.05) is 70.1 Å². The predicted molar refractivity (Wildman–Crippen MR) is 101 cm³/mol. The summed E-state index contributed by atoms with van der Waals surface area (Å²) in [6.45, 7) is 0. The summed E-state index contributed by atoms with van der Waals surface area (Å²) in [7, 11) is 0. The maximum absolute atomic E-state index is 4.70. The van der Waals surface area contributed by atoms with Crippen molar-refractivity contribution in [1.82, 2.24) is 33.6 Å². The molecule has 6 aromatic heterocycles. The van der Waals surface area contributed by atoms with Crippen molar-refractivity contribution in [1.29, 1.82) is 0 Å². The summed E-state index contributed by atoms with van der Waals surface area (Å²) in [6, 6.07) is 16.2. The number of pyridine rings is 3. The molecular formula is C20H13N7. The standard InChI is InChI=1S/C20H13N7/c1-2-6-25-12-18(23-19(25)3-1)14-4-7-26-16(9-14)11-17(24-26)15-5-8-27-20(10-15)21-13-22-27/h1-13H. The molecule has 0 aromatic carbocycles. The molecule has 6 aromatic rings. The second-order valence-corrected chi connectivity index (χ2v) is 6.38. The van der Waals surface area contributed by atoms with Crippen molar-refractivity contribution >= 4 is 16.8 Å². The van der Waals surface area contributed by atoms with E-state index in [1.165, 1.54) is 0 Å². The molecule has 6 heterocycles. The molecule has 0 N–H and O–H groups in total. The second-order valence-electron chi connectivity index (χ2n) is 6.38. The first kappa shape index (κ1) is 14.2. The number of aromatic nitrogens is 7. The highest BCUT2D eigenvalue weighted by molar-refractivity contribution is 5.73. The predicted octanol–water partition coefficient (Wildman–Crippen LogP) is 3.36. The Morgan fingerprint density at radius 3 is 2.56 bits per heavy atom. The summed E-state index contributed by atoms with van der Waals surface area (Å²) in [5.74, 6) is 0. The van der Waals surface area contributed by atoms with Gasteiger partial charge in [0.15, 0.2) is 5.65 Å². The van der Waals surface area contributed by atoms with Crippen LogP contribution < -0.4 is 0 Å². The van der Waals surface area contributed by atoms with Gasteiger partial charge in [0.25, 0.3) is 0 Å². The van der Waals surface area contributed by atoms with Crippen LogP contribution in [0.2, 0.25) is 0 Å². The summed E-state index contributed by atoms with van der Waals surface area (Å²) in [6.07, 6.45) is 9.45. The summed E-state index contributed by atoms with van der Waals surface area (Å²) >= 11 is 0. The minimum Gasteiger partial charge on any atom is -0.306 e. The molecule has 0 atom stereocenters. The molecule has 0 bridgehead atoms. The Hall–Kier alpha value is -4.00. The monoisotopic (exact) mass is 351 g/mol. The van der Waals surface area contributed by atoms with E-state index in [1.54, 1.807) is 10.8 Å². The smallest absolute Gasteiger partial charge is 0.155 e. The van der Waals surface area contributed by atoms with Gasteiger partial charge in [0.1, 0.15) is 12.0 Å². The number of rotatable bonds is 2. The molecule has 27 heavy (non-hydrogen) atoms. The average molecular weight is 351 g/mol. The van der Waals surface area contributed by atoms with Gasteiger partial charge < -0.3 is 4.40 Å². The van der Waals surface area contributed by atoms with Gasteiger partial charge in [-0.05, 0) is 42.5 Å². The van der Waals surface area contributed by atoms with Crippen LogP contribution in [-0.2, 0) is 0 Å². The topological polar surface area (TPSA) is 64.8 Å². The van der Waals surface area contributed by atoms with Crippen molar-refractivity contribution in [2.75, 3.05) is 0 Å². The minimum atomic E-state index is 0.801. The van der Waals surface area contributed by atoms with Crippen LogP contribution in [0, 0.1) is 0 Å².